The summed E-state index contributed by atoms with van der Waals surface area (Å²) in [5, 5.41) is 20.9. The maximum atomic E-state index is 10.4. The Morgan fingerprint density at radius 3 is 2.33 bits per heavy atom. The average molecular weight is 227 g/mol. The predicted octanol–water partition coefficient (Wildman–Crippen LogP) is -0.259. The predicted molar refractivity (Wildman–Crippen MR) is 48.6 cm³/mol. The van der Waals surface area contributed by atoms with Crippen molar-refractivity contribution >= 4 is 23.0 Å². The van der Waals surface area contributed by atoms with Gasteiger partial charge in [0.1, 0.15) is 0 Å². The van der Waals surface area contributed by atoms with Crippen molar-refractivity contribution in [3.8, 4) is 0 Å². The molecule has 12 heavy (non-hydrogen) atoms. The highest BCUT2D eigenvalue weighted by Crippen LogP contribution is 2.08. The second-order valence-electron chi connectivity index (χ2n) is 2.57. The van der Waals surface area contributed by atoms with Gasteiger partial charge in [-0.05, 0) is 16.7 Å². The van der Waals surface area contributed by atoms with Crippen LogP contribution >= 0.6 is 15.9 Å². The van der Waals surface area contributed by atoms with Gasteiger partial charge in [-0.2, -0.15) is 0 Å². The zero-order valence-corrected chi connectivity index (χ0v) is 8.03. The molecule has 0 N–H and O–H groups in total. The Hall–Kier alpha value is -0.315. The molecule has 1 unspecified atom stereocenters. The highest BCUT2D eigenvalue weighted by Gasteiger charge is 2.00. The molecule has 0 radical (unpaired) electrons. The summed E-state index contributed by atoms with van der Waals surface area (Å²) < 4.78 is -0.514. The molecule has 0 aliphatic carbocycles. The molecule has 0 amide bonds. The molecule has 0 fully saturated rings. The quantitative estimate of drug-likeness (QED) is 0.527. The molecule has 2 nitrogen and oxygen atoms in total. The number of halogens is 1. The van der Waals surface area contributed by atoms with E-state index in [0.717, 1.165) is 5.56 Å². The van der Waals surface area contributed by atoms with Crippen LogP contribution in [0, 0.1) is 0 Å². The van der Waals surface area contributed by atoms with E-state index < -0.39 is 11.8 Å². The minimum Gasteiger partial charge on any atom is -0.892 e. The fourth-order valence-electron chi connectivity index (χ4n) is 0.935. The van der Waals surface area contributed by atoms with Crippen LogP contribution < -0.4 is 10.0 Å². The largest absolute Gasteiger partial charge is 0.892 e. The molecule has 0 aliphatic rings. The zero-order valence-electron chi connectivity index (χ0n) is 6.44. The number of hydrogen-bond acceptors (Lipinski definition) is 2. The lowest BCUT2D eigenvalue weighted by Gasteiger charge is -2.32. The molecule has 1 rings (SSSR count). The molecule has 64 valence electrons. The van der Waals surface area contributed by atoms with Crippen molar-refractivity contribution in [3.63, 3.8) is 0 Å². The van der Waals surface area contributed by atoms with Gasteiger partial charge in [0.2, 0.25) is 0 Å². The summed E-state index contributed by atoms with van der Waals surface area (Å²) in [7, 11) is -1.80. The number of alkyl halides is 1. The first kappa shape index (κ1) is 9.77. The third kappa shape index (κ3) is 2.97. The first-order valence-corrected chi connectivity index (χ1v) is 4.61. The molecule has 0 spiro atoms. The fourth-order valence-corrected chi connectivity index (χ4v) is 1.31. The van der Waals surface area contributed by atoms with E-state index in [4.69, 9.17) is 0 Å². The van der Waals surface area contributed by atoms with Crippen LogP contribution in [-0.4, -0.2) is 11.8 Å². The van der Waals surface area contributed by atoms with Gasteiger partial charge in [-0.1, -0.05) is 37.5 Å². The summed E-state index contributed by atoms with van der Waals surface area (Å²) in [4.78, 5) is 0. The lowest BCUT2D eigenvalue weighted by Crippen LogP contribution is -2.53. The van der Waals surface area contributed by atoms with E-state index in [2.05, 4.69) is 15.9 Å². The van der Waals surface area contributed by atoms with Crippen LogP contribution in [0.1, 0.15) is 5.56 Å². The van der Waals surface area contributed by atoms with Crippen molar-refractivity contribution in [2.75, 3.05) is 0 Å². The van der Waals surface area contributed by atoms with Gasteiger partial charge in [0, 0.05) is 0 Å². The molecular formula is C8H8BBrO2-2. The Labute approximate surface area is 80.5 Å². The van der Waals surface area contributed by atoms with Crippen LogP contribution in [0.15, 0.2) is 30.3 Å². The highest BCUT2D eigenvalue weighted by molar-refractivity contribution is 9.10. The number of rotatable bonds is 3. The van der Waals surface area contributed by atoms with Crippen molar-refractivity contribution in [3.05, 3.63) is 35.9 Å². The van der Waals surface area contributed by atoms with Crippen molar-refractivity contribution in [1.29, 1.82) is 0 Å². The second-order valence-corrected chi connectivity index (χ2v) is 3.75. The van der Waals surface area contributed by atoms with Gasteiger partial charge in [0.05, 0.1) is 0 Å². The van der Waals surface area contributed by atoms with E-state index >= 15 is 0 Å². The fraction of sp³-hybridized carbons (Fsp3) is 0.250. The van der Waals surface area contributed by atoms with Gasteiger partial charge in [0.15, 0.2) is 0 Å². The Balaban J connectivity index is 2.53. The van der Waals surface area contributed by atoms with E-state index in [1.54, 1.807) is 0 Å². The van der Waals surface area contributed by atoms with Crippen molar-refractivity contribution in [1.82, 2.24) is 0 Å². The molecular weight excluding hydrogens is 219 g/mol. The standard InChI is InChI=1S/C8H8BBrO2/c10-8(9(11)12)6-7-4-2-1-3-5-7/h1-5,8H,6H2/q-2. The smallest absolute Gasteiger partial charge is 0.0254 e. The Bertz CT molecular complexity index is 228. The van der Waals surface area contributed by atoms with E-state index in [-0.39, 0.29) is 0 Å². The first-order chi connectivity index (χ1) is 5.70. The maximum absolute atomic E-state index is 10.4. The van der Waals surface area contributed by atoms with Gasteiger partial charge < -0.3 is 10.0 Å². The van der Waals surface area contributed by atoms with Crippen molar-refractivity contribution in [2.45, 2.75) is 11.1 Å². The van der Waals surface area contributed by atoms with Gasteiger partial charge in [-0.15, -0.1) is 15.9 Å². The lowest BCUT2D eigenvalue weighted by molar-refractivity contribution is -0.349. The molecule has 1 atom stereocenters. The summed E-state index contributed by atoms with van der Waals surface area (Å²) >= 11 is 3.05. The van der Waals surface area contributed by atoms with Crippen LogP contribution in [0.2, 0.25) is 0 Å². The van der Waals surface area contributed by atoms with Gasteiger partial charge in [-0.25, -0.2) is 0 Å². The molecule has 0 heterocycles. The summed E-state index contributed by atoms with van der Waals surface area (Å²) in [5.41, 5.74) is 1.01. The Kier molecular flexibility index (Phi) is 3.78. The third-order valence-electron chi connectivity index (χ3n) is 1.57. The summed E-state index contributed by atoms with van der Waals surface area (Å²) in [5.74, 6) is 0. The molecule has 0 aromatic heterocycles. The van der Waals surface area contributed by atoms with Crippen LogP contribution in [0.25, 0.3) is 0 Å². The average Bonchev–Trinajstić information content (AvgIpc) is 2.06. The maximum Gasteiger partial charge on any atom is -0.0254 e. The molecule has 1 aromatic rings. The summed E-state index contributed by atoms with van der Waals surface area (Å²) in [6, 6.07) is 9.48. The minimum atomic E-state index is -1.80. The molecule has 1 aromatic carbocycles. The topological polar surface area (TPSA) is 46.1 Å². The van der Waals surface area contributed by atoms with E-state index in [1.165, 1.54) is 0 Å². The van der Waals surface area contributed by atoms with Crippen LogP contribution in [-0.2, 0) is 6.42 Å². The van der Waals surface area contributed by atoms with Crippen molar-refractivity contribution in [2.24, 2.45) is 0 Å². The van der Waals surface area contributed by atoms with E-state index in [1.807, 2.05) is 30.3 Å². The summed E-state index contributed by atoms with van der Waals surface area (Å²) in [6.45, 7) is 0. The van der Waals surface area contributed by atoms with Gasteiger partial charge in [-0.3, -0.25) is 0 Å². The second kappa shape index (κ2) is 4.65. The zero-order chi connectivity index (χ0) is 8.97. The third-order valence-corrected chi connectivity index (χ3v) is 2.32. The number of hydrogen-bond donors (Lipinski definition) is 0. The Morgan fingerprint density at radius 2 is 1.83 bits per heavy atom. The summed E-state index contributed by atoms with van der Waals surface area (Å²) in [6.07, 6.45) is 0.499. The Morgan fingerprint density at radius 1 is 1.25 bits per heavy atom. The highest BCUT2D eigenvalue weighted by atomic mass is 79.9. The van der Waals surface area contributed by atoms with E-state index in [9.17, 15) is 10.0 Å². The lowest BCUT2D eigenvalue weighted by atomic mass is 9.82. The first-order valence-electron chi connectivity index (χ1n) is 3.70. The molecule has 0 bridgehead atoms. The van der Waals surface area contributed by atoms with Crippen LogP contribution in [0.3, 0.4) is 0 Å². The van der Waals surface area contributed by atoms with Crippen LogP contribution in [0.4, 0.5) is 0 Å². The molecule has 0 aliphatic heterocycles. The molecule has 4 heteroatoms. The molecule has 0 saturated carbocycles. The van der Waals surface area contributed by atoms with E-state index in [0.29, 0.717) is 6.42 Å². The van der Waals surface area contributed by atoms with Gasteiger partial charge in [0.25, 0.3) is 0 Å². The number of benzene rings is 1. The van der Waals surface area contributed by atoms with Gasteiger partial charge >= 0.3 is 0 Å². The SMILES string of the molecule is [O-]B([O-])C(Br)Cc1ccccc1. The minimum absolute atomic E-state index is 0.499. The van der Waals surface area contributed by atoms with Crippen molar-refractivity contribution < 1.29 is 10.0 Å². The monoisotopic (exact) mass is 226 g/mol. The normalized spacial score (nSPS) is 12.6. The van der Waals surface area contributed by atoms with Crippen LogP contribution in [0.5, 0.6) is 0 Å². The molecule has 0 saturated heterocycles.